The summed E-state index contributed by atoms with van der Waals surface area (Å²) in [7, 11) is 0. The highest BCUT2D eigenvalue weighted by Gasteiger charge is 2.32. The largest absolute Gasteiger partial charge is 0.398 e. The second-order valence-corrected chi connectivity index (χ2v) is 7.80. The summed E-state index contributed by atoms with van der Waals surface area (Å²) in [6, 6.07) is 16.6. The molecule has 3 N–H and O–H groups in total. The lowest BCUT2D eigenvalue weighted by atomic mass is 9.81. The zero-order valence-electron chi connectivity index (χ0n) is 17.4. The summed E-state index contributed by atoms with van der Waals surface area (Å²) < 4.78 is 0. The third-order valence-electron chi connectivity index (χ3n) is 5.72. The van der Waals surface area contributed by atoms with Crippen LogP contribution in [-0.4, -0.2) is 17.9 Å². The van der Waals surface area contributed by atoms with Gasteiger partial charge in [-0.15, -0.1) is 0 Å². The minimum Gasteiger partial charge on any atom is -0.398 e. The van der Waals surface area contributed by atoms with E-state index in [9.17, 15) is 14.4 Å². The molecule has 156 valence electrons. The van der Waals surface area contributed by atoms with E-state index < -0.39 is 0 Å². The lowest BCUT2D eigenvalue weighted by molar-refractivity contribution is 0.0979. The first-order valence-electron chi connectivity index (χ1n) is 10.5. The van der Waals surface area contributed by atoms with Crippen LogP contribution < -0.4 is 11.1 Å². The summed E-state index contributed by atoms with van der Waals surface area (Å²) in [5.41, 5.74) is 10.5. The number of nitrogen functional groups attached to an aromatic ring is 1. The van der Waals surface area contributed by atoms with Crippen LogP contribution in [0, 0.1) is 0 Å². The molecule has 0 spiro atoms. The molecule has 0 saturated heterocycles. The maximum Gasteiger partial charge on any atom is 0.196 e. The monoisotopic (exact) mass is 412 g/mol. The minimum absolute atomic E-state index is 0.0598. The molecule has 1 aliphatic carbocycles. The molecule has 0 atom stereocenters. The topological polar surface area (TPSA) is 89.3 Å². The van der Waals surface area contributed by atoms with Gasteiger partial charge in [0.15, 0.2) is 17.9 Å². The number of carbonyl (C=O) groups excluding carboxylic acids is 3. The number of fused-ring (bicyclic) bond motifs is 2. The molecule has 0 aliphatic heterocycles. The van der Waals surface area contributed by atoms with Crippen LogP contribution in [0.25, 0.3) is 0 Å². The molecular formula is C26H24N2O3. The van der Waals surface area contributed by atoms with E-state index in [1.807, 2.05) is 6.07 Å². The quantitative estimate of drug-likeness (QED) is 0.336. The molecule has 0 saturated carbocycles. The number of hydrogen-bond donors (Lipinski definition) is 2. The maximum atomic E-state index is 13.0. The van der Waals surface area contributed by atoms with Crippen molar-refractivity contribution in [2.45, 2.75) is 32.7 Å². The lowest BCUT2D eigenvalue weighted by Crippen LogP contribution is -2.23. The molecule has 0 amide bonds. The van der Waals surface area contributed by atoms with Gasteiger partial charge in [0.05, 0.1) is 11.3 Å². The molecule has 0 bridgehead atoms. The number of nitrogens with one attached hydrogen (secondary N) is 1. The van der Waals surface area contributed by atoms with Gasteiger partial charge in [-0.05, 0) is 60.4 Å². The summed E-state index contributed by atoms with van der Waals surface area (Å²) in [5.74, 6) is -0.580. The Morgan fingerprint density at radius 3 is 2.29 bits per heavy atom. The van der Waals surface area contributed by atoms with Gasteiger partial charge in [0, 0.05) is 34.5 Å². The number of nitrogens with two attached hydrogens (primary N) is 1. The summed E-state index contributed by atoms with van der Waals surface area (Å²) in [4.78, 5) is 37.2. The summed E-state index contributed by atoms with van der Waals surface area (Å²) in [5, 5.41) is 3.37. The molecule has 4 rings (SSSR count). The normalized spacial score (nSPS) is 12.3. The van der Waals surface area contributed by atoms with Crippen LogP contribution in [0.1, 0.15) is 73.1 Å². The van der Waals surface area contributed by atoms with Crippen molar-refractivity contribution in [3.8, 4) is 0 Å². The fraction of sp³-hybridized carbons (Fsp3) is 0.192. The van der Waals surface area contributed by atoms with Crippen LogP contribution in [0.3, 0.4) is 0 Å². The van der Waals surface area contributed by atoms with Crippen LogP contribution in [0.4, 0.5) is 11.4 Å². The Kier molecular flexibility index (Phi) is 5.67. The van der Waals surface area contributed by atoms with Gasteiger partial charge in [-0.3, -0.25) is 14.4 Å². The van der Waals surface area contributed by atoms with Crippen molar-refractivity contribution in [2.75, 3.05) is 11.1 Å². The number of benzene rings is 3. The van der Waals surface area contributed by atoms with Gasteiger partial charge in [0.2, 0.25) is 0 Å². The number of carbonyl (C=O) groups is 3. The average Bonchev–Trinajstić information content (AvgIpc) is 2.80. The molecule has 3 aromatic carbocycles. The minimum atomic E-state index is -0.326. The highest BCUT2D eigenvalue weighted by molar-refractivity contribution is 6.30. The fourth-order valence-corrected chi connectivity index (χ4v) is 3.91. The van der Waals surface area contributed by atoms with Crippen molar-refractivity contribution < 1.29 is 14.4 Å². The first-order valence-corrected chi connectivity index (χ1v) is 10.5. The Bertz CT molecular complexity index is 1180. The van der Waals surface area contributed by atoms with Gasteiger partial charge >= 0.3 is 0 Å². The van der Waals surface area contributed by atoms with Crippen molar-refractivity contribution >= 4 is 29.2 Å². The number of hydrogen-bond acceptors (Lipinski definition) is 5. The summed E-state index contributed by atoms with van der Waals surface area (Å²) in [6.07, 6.45) is 4.03. The van der Waals surface area contributed by atoms with Gasteiger partial charge in [-0.2, -0.15) is 0 Å². The van der Waals surface area contributed by atoms with Crippen LogP contribution in [0.15, 0.2) is 54.6 Å². The van der Waals surface area contributed by atoms with Gasteiger partial charge in [0.25, 0.3) is 0 Å². The number of unbranched alkanes of at least 4 members (excludes halogenated alkanes) is 1. The number of rotatable bonds is 7. The van der Waals surface area contributed by atoms with Crippen molar-refractivity contribution in [2.24, 2.45) is 0 Å². The number of aldehydes is 1. The average molecular weight is 412 g/mol. The number of aryl methyl sites for hydroxylation is 1. The van der Waals surface area contributed by atoms with Crippen LogP contribution in [-0.2, 0) is 13.0 Å². The molecule has 0 radical (unpaired) electrons. The first-order chi connectivity index (χ1) is 15.0. The molecule has 0 heterocycles. The Hall–Kier alpha value is -3.73. The molecule has 0 aromatic heterocycles. The van der Waals surface area contributed by atoms with E-state index in [0.29, 0.717) is 24.0 Å². The van der Waals surface area contributed by atoms with Crippen molar-refractivity contribution in [1.82, 2.24) is 0 Å². The smallest absolute Gasteiger partial charge is 0.196 e. The Morgan fingerprint density at radius 1 is 0.871 bits per heavy atom. The Balaban J connectivity index is 1.55. The predicted octanol–water partition coefficient (Wildman–Crippen LogP) is 4.81. The maximum absolute atomic E-state index is 13.0. The molecule has 1 aliphatic rings. The van der Waals surface area contributed by atoms with Gasteiger partial charge in [-0.25, -0.2) is 0 Å². The SMILES string of the molecule is CCCCc1ccc(NCc2ccc3c(c2)C(=O)c2ccc(C=O)c(N)c2C3=O)cc1. The molecule has 0 unspecified atom stereocenters. The van der Waals surface area contributed by atoms with E-state index in [1.165, 1.54) is 30.5 Å². The van der Waals surface area contributed by atoms with Crippen LogP contribution in [0.5, 0.6) is 0 Å². The number of anilines is 2. The summed E-state index contributed by atoms with van der Waals surface area (Å²) >= 11 is 0. The van der Waals surface area contributed by atoms with Crippen molar-refractivity contribution in [3.63, 3.8) is 0 Å². The molecule has 5 heteroatoms. The predicted molar refractivity (Wildman–Crippen MR) is 122 cm³/mol. The molecular weight excluding hydrogens is 388 g/mol. The van der Waals surface area contributed by atoms with E-state index in [1.54, 1.807) is 12.1 Å². The van der Waals surface area contributed by atoms with Crippen molar-refractivity contribution in [1.29, 1.82) is 0 Å². The highest BCUT2D eigenvalue weighted by Crippen LogP contribution is 2.32. The molecule has 0 fully saturated rings. The second kappa shape index (κ2) is 8.56. The van der Waals surface area contributed by atoms with Gasteiger partial charge < -0.3 is 11.1 Å². The van der Waals surface area contributed by atoms with Gasteiger partial charge in [0.1, 0.15) is 0 Å². The molecule has 3 aromatic rings. The standard InChI is InChI=1S/C26H24N2O3/c1-2-3-4-16-5-9-19(10-6-16)28-14-17-7-11-20-22(13-17)25(30)21-12-8-18(15-29)24(27)23(21)26(20)31/h5-13,15,28H,2-4,14,27H2,1H3. The second-order valence-electron chi connectivity index (χ2n) is 7.80. The van der Waals surface area contributed by atoms with Gasteiger partial charge in [-0.1, -0.05) is 31.5 Å². The lowest BCUT2D eigenvalue weighted by Gasteiger charge is -2.20. The first kappa shape index (κ1) is 20.5. The van der Waals surface area contributed by atoms with E-state index in [-0.39, 0.29) is 33.9 Å². The third kappa shape index (κ3) is 3.87. The Morgan fingerprint density at radius 2 is 1.58 bits per heavy atom. The highest BCUT2D eigenvalue weighted by atomic mass is 16.1. The third-order valence-corrected chi connectivity index (χ3v) is 5.72. The zero-order valence-corrected chi connectivity index (χ0v) is 17.4. The van der Waals surface area contributed by atoms with E-state index in [2.05, 4.69) is 36.5 Å². The zero-order chi connectivity index (χ0) is 22.0. The van der Waals surface area contributed by atoms with Crippen LogP contribution >= 0.6 is 0 Å². The Labute approximate surface area is 181 Å². The number of ketones is 2. The van der Waals surface area contributed by atoms with E-state index in [4.69, 9.17) is 5.73 Å². The molecule has 31 heavy (non-hydrogen) atoms. The van der Waals surface area contributed by atoms with Crippen LogP contribution in [0.2, 0.25) is 0 Å². The fourth-order valence-electron chi connectivity index (χ4n) is 3.91. The summed E-state index contributed by atoms with van der Waals surface area (Å²) in [6.45, 7) is 2.71. The molecule has 5 nitrogen and oxygen atoms in total. The van der Waals surface area contributed by atoms with Crippen molar-refractivity contribution in [3.05, 3.63) is 93.5 Å². The van der Waals surface area contributed by atoms with E-state index in [0.717, 1.165) is 17.7 Å². The van der Waals surface area contributed by atoms with E-state index >= 15 is 0 Å².